The predicted molar refractivity (Wildman–Crippen MR) is 115 cm³/mol. The molecule has 1 aromatic heterocycles. The first-order chi connectivity index (χ1) is 14.2. The second kappa shape index (κ2) is 8.41. The van der Waals surface area contributed by atoms with Crippen LogP contribution < -0.4 is 14.9 Å². The lowest BCUT2D eigenvalue weighted by Crippen LogP contribution is -2.46. The third-order valence-corrected chi connectivity index (χ3v) is 6.57. The number of pyridine rings is 1. The number of ether oxygens (including phenoxy) is 2. The molecule has 0 radical (unpaired) electrons. The number of nitrogens with one attached hydrogen (secondary N) is 1. The van der Waals surface area contributed by atoms with Crippen molar-refractivity contribution in [1.82, 2.24) is 15.3 Å². The lowest BCUT2D eigenvalue weighted by molar-refractivity contribution is 0.226. The van der Waals surface area contributed by atoms with E-state index in [9.17, 15) is 0 Å². The Bertz CT molecular complexity index is 870. The molecule has 154 valence electrons. The molecule has 0 amide bonds. The van der Waals surface area contributed by atoms with Gasteiger partial charge in [0.15, 0.2) is 11.5 Å². The second-order valence-electron chi connectivity index (χ2n) is 8.05. The summed E-state index contributed by atoms with van der Waals surface area (Å²) in [6.45, 7) is 1.81. The number of methoxy groups -OCH3 is 2. The SMILES string of the molecule is COc1ccc([C@@]23CCC(=NNCc4cccnc4)C[C@@H]2N(C)CC3)cc1OC. The van der Waals surface area contributed by atoms with Gasteiger partial charge in [0.05, 0.1) is 20.8 Å². The van der Waals surface area contributed by atoms with Gasteiger partial charge in [-0.25, -0.2) is 0 Å². The quantitative estimate of drug-likeness (QED) is 0.762. The summed E-state index contributed by atoms with van der Waals surface area (Å²) in [6, 6.07) is 10.9. The minimum atomic E-state index is 0.149. The fourth-order valence-electron chi connectivity index (χ4n) is 4.93. The minimum absolute atomic E-state index is 0.149. The molecule has 2 fully saturated rings. The molecule has 0 spiro atoms. The highest BCUT2D eigenvalue weighted by Crippen LogP contribution is 2.49. The van der Waals surface area contributed by atoms with Crippen LogP contribution in [0.3, 0.4) is 0 Å². The van der Waals surface area contributed by atoms with Gasteiger partial charge in [-0.05, 0) is 62.2 Å². The Labute approximate surface area is 172 Å². The molecule has 0 unspecified atom stereocenters. The van der Waals surface area contributed by atoms with Crippen molar-refractivity contribution in [2.24, 2.45) is 5.10 Å². The molecule has 2 aromatic rings. The van der Waals surface area contributed by atoms with Crippen molar-refractivity contribution in [3.05, 3.63) is 53.9 Å². The third kappa shape index (κ3) is 3.81. The van der Waals surface area contributed by atoms with Crippen molar-refractivity contribution in [2.45, 2.75) is 43.7 Å². The van der Waals surface area contributed by atoms with Crippen LogP contribution >= 0.6 is 0 Å². The molecule has 1 N–H and O–H groups in total. The summed E-state index contributed by atoms with van der Waals surface area (Å²) in [4.78, 5) is 6.65. The van der Waals surface area contributed by atoms with Crippen LogP contribution in [0.25, 0.3) is 0 Å². The van der Waals surface area contributed by atoms with E-state index in [4.69, 9.17) is 14.6 Å². The Balaban J connectivity index is 1.52. The Kier molecular flexibility index (Phi) is 5.72. The normalized spacial score (nSPS) is 25.6. The van der Waals surface area contributed by atoms with E-state index in [0.29, 0.717) is 12.6 Å². The van der Waals surface area contributed by atoms with Crippen LogP contribution in [-0.4, -0.2) is 49.4 Å². The Morgan fingerprint density at radius 1 is 1.21 bits per heavy atom. The molecule has 2 aliphatic rings. The smallest absolute Gasteiger partial charge is 0.161 e. The van der Waals surface area contributed by atoms with E-state index in [1.54, 1.807) is 20.4 Å². The Morgan fingerprint density at radius 2 is 2.07 bits per heavy atom. The van der Waals surface area contributed by atoms with E-state index in [-0.39, 0.29) is 5.41 Å². The lowest BCUT2D eigenvalue weighted by Gasteiger charge is -2.42. The highest BCUT2D eigenvalue weighted by molar-refractivity contribution is 5.86. The summed E-state index contributed by atoms with van der Waals surface area (Å²) < 4.78 is 11.0. The topological polar surface area (TPSA) is 59.0 Å². The van der Waals surface area contributed by atoms with Crippen LogP contribution in [0, 0.1) is 0 Å². The number of hydrazone groups is 1. The predicted octanol–water partition coefficient (Wildman–Crippen LogP) is 3.37. The van der Waals surface area contributed by atoms with Gasteiger partial charge in [0.1, 0.15) is 0 Å². The fraction of sp³-hybridized carbons (Fsp3) is 0.478. The van der Waals surface area contributed by atoms with E-state index in [2.05, 4.69) is 40.6 Å². The molecule has 6 heteroatoms. The molecule has 0 bridgehead atoms. The van der Waals surface area contributed by atoms with Crippen molar-refractivity contribution in [3.8, 4) is 11.5 Å². The van der Waals surface area contributed by atoms with Crippen molar-refractivity contribution in [2.75, 3.05) is 27.8 Å². The summed E-state index contributed by atoms with van der Waals surface area (Å²) in [5.74, 6) is 1.60. The van der Waals surface area contributed by atoms with Crippen molar-refractivity contribution >= 4 is 5.71 Å². The molecule has 6 nitrogen and oxygen atoms in total. The van der Waals surface area contributed by atoms with Gasteiger partial charge in [-0.3, -0.25) is 4.98 Å². The van der Waals surface area contributed by atoms with E-state index in [1.807, 2.05) is 18.3 Å². The highest BCUT2D eigenvalue weighted by atomic mass is 16.5. The molecule has 29 heavy (non-hydrogen) atoms. The molecule has 4 rings (SSSR count). The largest absolute Gasteiger partial charge is 0.493 e. The van der Waals surface area contributed by atoms with Gasteiger partial charge in [-0.2, -0.15) is 5.10 Å². The standard InChI is InChI=1S/C23H30N4O2/c1-27-12-10-23(18-6-7-20(28-2)21(13-18)29-3)9-8-19(14-22(23)27)26-25-16-17-5-4-11-24-15-17/h4-7,11,13,15,22,25H,8-10,12,14,16H2,1-3H3/t22-,23-/m0/s1. The van der Waals surface area contributed by atoms with Crippen LogP contribution in [0.15, 0.2) is 47.8 Å². The molecule has 1 aliphatic heterocycles. The van der Waals surface area contributed by atoms with Gasteiger partial charge in [0, 0.05) is 36.0 Å². The van der Waals surface area contributed by atoms with Crippen LogP contribution in [-0.2, 0) is 12.0 Å². The van der Waals surface area contributed by atoms with Crippen LogP contribution in [0.1, 0.15) is 36.8 Å². The lowest BCUT2D eigenvalue weighted by atomic mass is 9.65. The number of benzene rings is 1. The molecule has 1 aliphatic carbocycles. The molecule has 2 atom stereocenters. The van der Waals surface area contributed by atoms with Crippen molar-refractivity contribution < 1.29 is 9.47 Å². The number of nitrogens with zero attached hydrogens (tertiary/aromatic N) is 3. The van der Waals surface area contributed by atoms with Gasteiger partial charge in [0.25, 0.3) is 0 Å². The van der Waals surface area contributed by atoms with E-state index in [0.717, 1.165) is 42.9 Å². The number of rotatable bonds is 6. The Morgan fingerprint density at radius 3 is 2.83 bits per heavy atom. The van der Waals surface area contributed by atoms with Gasteiger partial charge < -0.3 is 19.8 Å². The van der Waals surface area contributed by atoms with Gasteiger partial charge >= 0.3 is 0 Å². The third-order valence-electron chi connectivity index (χ3n) is 6.57. The summed E-state index contributed by atoms with van der Waals surface area (Å²) in [5.41, 5.74) is 7.14. The highest BCUT2D eigenvalue weighted by Gasteiger charge is 2.49. The average Bonchev–Trinajstić information content (AvgIpc) is 3.11. The Hall–Kier alpha value is -2.60. The first-order valence-electron chi connectivity index (χ1n) is 10.3. The van der Waals surface area contributed by atoms with Gasteiger partial charge in [-0.1, -0.05) is 12.1 Å². The van der Waals surface area contributed by atoms with Gasteiger partial charge in [-0.15, -0.1) is 0 Å². The summed E-state index contributed by atoms with van der Waals surface area (Å²) in [7, 11) is 5.63. The van der Waals surface area contributed by atoms with Crippen molar-refractivity contribution in [3.63, 3.8) is 0 Å². The van der Waals surface area contributed by atoms with E-state index < -0.39 is 0 Å². The number of fused-ring (bicyclic) bond motifs is 1. The monoisotopic (exact) mass is 394 g/mol. The molecule has 1 aromatic carbocycles. The number of hydrogen-bond acceptors (Lipinski definition) is 6. The number of aromatic nitrogens is 1. The van der Waals surface area contributed by atoms with E-state index >= 15 is 0 Å². The van der Waals surface area contributed by atoms with Crippen molar-refractivity contribution in [1.29, 1.82) is 0 Å². The molecular weight excluding hydrogens is 364 g/mol. The maximum Gasteiger partial charge on any atom is 0.161 e. The summed E-state index contributed by atoms with van der Waals surface area (Å²) in [6.07, 6.45) is 7.94. The fourth-order valence-corrected chi connectivity index (χ4v) is 4.93. The molecule has 1 saturated heterocycles. The first-order valence-corrected chi connectivity index (χ1v) is 10.3. The maximum absolute atomic E-state index is 5.58. The van der Waals surface area contributed by atoms with Crippen LogP contribution in [0.2, 0.25) is 0 Å². The minimum Gasteiger partial charge on any atom is -0.493 e. The number of hydrogen-bond donors (Lipinski definition) is 1. The zero-order valence-corrected chi connectivity index (χ0v) is 17.5. The summed E-state index contributed by atoms with van der Waals surface area (Å²) >= 11 is 0. The zero-order valence-electron chi connectivity index (χ0n) is 17.5. The molecule has 1 saturated carbocycles. The molecule has 2 heterocycles. The first kappa shape index (κ1) is 19.7. The molecular formula is C23H30N4O2. The average molecular weight is 395 g/mol. The van der Waals surface area contributed by atoms with E-state index in [1.165, 1.54) is 17.7 Å². The summed E-state index contributed by atoms with van der Waals surface area (Å²) in [5, 5.41) is 4.73. The zero-order chi connectivity index (χ0) is 20.3. The van der Waals surface area contributed by atoms with Crippen LogP contribution in [0.5, 0.6) is 11.5 Å². The number of likely N-dealkylation sites (tertiary alicyclic amines) is 1. The van der Waals surface area contributed by atoms with Crippen LogP contribution in [0.4, 0.5) is 0 Å². The van der Waals surface area contributed by atoms with Gasteiger partial charge in [0.2, 0.25) is 0 Å². The number of likely N-dealkylation sites (N-methyl/N-ethyl adjacent to an activating group) is 1. The second-order valence-corrected chi connectivity index (χ2v) is 8.05. The maximum atomic E-state index is 5.58.